The molecule has 0 fully saturated rings. The molecule has 7 nitrogen and oxygen atoms in total. The Kier molecular flexibility index (Phi) is 4.86. The summed E-state index contributed by atoms with van der Waals surface area (Å²) < 4.78 is 5.30. The van der Waals surface area contributed by atoms with Gasteiger partial charge in [-0.2, -0.15) is 0 Å². The molecule has 0 bridgehead atoms. The van der Waals surface area contributed by atoms with E-state index in [0.29, 0.717) is 17.3 Å². The molecule has 0 unspecified atom stereocenters. The zero-order valence-electron chi connectivity index (χ0n) is 15.3. The molecule has 28 heavy (non-hydrogen) atoms. The summed E-state index contributed by atoms with van der Waals surface area (Å²) in [4.78, 5) is 20.9. The third-order valence-electron chi connectivity index (χ3n) is 3.96. The Hall–Kier alpha value is -3.52. The standard InChI is InChI=1S/C20H17N5O2S/c1-12-3-5-14(6-4-12)22-20-23-16(11-28-20)17-10-15(25-27-17)19(26)24-18-9-13(2)7-8-21-18/h3-11H,1-2H3,(H,22,23)(H,21,24,26). The van der Waals surface area contributed by atoms with Crippen molar-refractivity contribution in [3.8, 4) is 11.5 Å². The normalized spacial score (nSPS) is 10.6. The molecule has 3 aromatic heterocycles. The van der Waals surface area contributed by atoms with Gasteiger partial charge in [-0.1, -0.05) is 22.9 Å². The number of benzene rings is 1. The van der Waals surface area contributed by atoms with Gasteiger partial charge in [0.2, 0.25) is 0 Å². The molecule has 0 atom stereocenters. The van der Waals surface area contributed by atoms with Crippen LogP contribution < -0.4 is 10.6 Å². The number of amides is 1. The highest BCUT2D eigenvalue weighted by Crippen LogP contribution is 2.28. The Morgan fingerprint density at radius 3 is 2.68 bits per heavy atom. The lowest BCUT2D eigenvalue weighted by Crippen LogP contribution is -2.13. The first-order chi connectivity index (χ1) is 13.6. The number of nitrogens with zero attached hydrogens (tertiary/aromatic N) is 3. The van der Waals surface area contributed by atoms with Gasteiger partial charge in [-0.15, -0.1) is 11.3 Å². The third kappa shape index (κ3) is 4.07. The van der Waals surface area contributed by atoms with E-state index in [4.69, 9.17) is 4.52 Å². The minimum Gasteiger partial charge on any atom is -0.354 e. The number of rotatable bonds is 5. The molecule has 4 aromatic rings. The van der Waals surface area contributed by atoms with Crippen LogP contribution in [0.5, 0.6) is 0 Å². The molecule has 2 N–H and O–H groups in total. The van der Waals surface area contributed by atoms with Crippen LogP contribution >= 0.6 is 11.3 Å². The van der Waals surface area contributed by atoms with Gasteiger partial charge in [-0.25, -0.2) is 9.97 Å². The predicted molar refractivity (Wildman–Crippen MR) is 109 cm³/mol. The van der Waals surface area contributed by atoms with Gasteiger partial charge in [0.15, 0.2) is 16.6 Å². The molecule has 1 amide bonds. The molecular weight excluding hydrogens is 374 g/mol. The average Bonchev–Trinajstić information content (AvgIpc) is 3.33. The van der Waals surface area contributed by atoms with E-state index in [-0.39, 0.29) is 11.6 Å². The lowest BCUT2D eigenvalue weighted by Gasteiger charge is -2.02. The summed E-state index contributed by atoms with van der Waals surface area (Å²) >= 11 is 1.44. The number of carbonyl (C=O) groups is 1. The van der Waals surface area contributed by atoms with E-state index >= 15 is 0 Å². The van der Waals surface area contributed by atoms with E-state index in [9.17, 15) is 4.79 Å². The topological polar surface area (TPSA) is 92.9 Å². The highest BCUT2D eigenvalue weighted by molar-refractivity contribution is 7.14. The number of thiazole rings is 1. The van der Waals surface area contributed by atoms with Gasteiger partial charge in [-0.3, -0.25) is 4.79 Å². The predicted octanol–water partition coefficient (Wildman–Crippen LogP) is 4.81. The summed E-state index contributed by atoms with van der Waals surface area (Å²) in [6, 6.07) is 13.2. The van der Waals surface area contributed by atoms with Crippen molar-refractivity contribution < 1.29 is 9.32 Å². The van der Waals surface area contributed by atoms with E-state index in [1.165, 1.54) is 16.9 Å². The fourth-order valence-electron chi connectivity index (χ4n) is 2.49. The van der Waals surface area contributed by atoms with Crippen molar-refractivity contribution in [1.29, 1.82) is 0 Å². The second-order valence-electron chi connectivity index (χ2n) is 6.28. The summed E-state index contributed by atoms with van der Waals surface area (Å²) in [5.41, 5.74) is 3.93. The highest BCUT2D eigenvalue weighted by Gasteiger charge is 2.16. The van der Waals surface area contributed by atoms with E-state index < -0.39 is 0 Å². The van der Waals surface area contributed by atoms with Crippen molar-refractivity contribution >= 4 is 33.9 Å². The largest absolute Gasteiger partial charge is 0.354 e. The summed E-state index contributed by atoms with van der Waals surface area (Å²) in [7, 11) is 0. The molecular formula is C20H17N5O2S. The van der Waals surface area contributed by atoms with Gasteiger partial charge in [-0.05, 0) is 43.7 Å². The Balaban J connectivity index is 1.46. The first-order valence-corrected chi connectivity index (χ1v) is 9.45. The van der Waals surface area contributed by atoms with Crippen LogP contribution in [0.3, 0.4) is 0 Å². The van der Waals surface area contributed by atoms with Crippen molar-refractivity contribution in [2.75, 3.05) is 10.6 Å². The minimum absolute atomic E-state index is 0.166. The Morgan fingerprint density at radius 2 is 1.89 bits per heavy atom. The molecule has 0 aliphatic carbocycles. The molecule has 8 heteroatoms. The quantitative estimate of drug-likeness (QED) is 0.507. The zero-order chi connectivity index (χ0) is 19.5. The van der Waals surface area contributed by atoms with Crippen LogP contribution in [-0.2, 0) is 0 Å². The van der Waals surface area contributed by atoms with Crippen LogP contribution in [0.25, 0.3) is 11.5 Å². The number of carbonyl (C=O) groups excluding carboxylic acids is 1. The molecule has 140 valence electrons. The Labute approximate surface area is 165 Å². The van der Waals surface area contributed by atoms with Crippen LogP contribution in [-0.4, -0.2) is 21.0 Å². The Bertz CT molecular complexity index is 1120. The van der Waals surface area contributed by atoms with Gasteiger partial charge < -0.3 is 15.2 Å². The van der Waals surface area contributed by atoms with Crippen molar-refractivity contribution in [1.82, 2.24) is 15.1 Å². The van der Waals surface area contributed by atoms with Gasteiger partial charge in [0.05, 0.1) is 0 Å². The Morgan fingerprint density at radius 1 is 1.07 bits per heavy atom. The maximum absolute atomic E-state index is 12.3. The monoisotopic (exact) mass is 391 g/mol. The third-order valence-corrected chi connectivity index (χ3v) is 4.72. The molecule has 0 aliphatic heterocycles. The maximum atomic E-state index is 12.3. The summed E-state index contributed by atoms with van der Waals surface area (Å²) in [6.07, 6.45) is 1.64. The molecule has 3 heterocycles. The number of pyridine rings is 1. The number of anilines is 3. The second-order valence-corrected chi connectivity index (χ2v) is 7.14. The van der Waals surface area contributed by atoms with Crippen LogP contribution in [0.4, 0.5) is 16.6 Å². The van der Waals surface area contributed by atoms with Crippen LogP contribution in [0.15, 0.2) is 58.6 Å². The van der Waals surface area contributed by atoms with E-state index in [1.54, 1.807) is 18.3 Å². The maximum Gasteiger partial charge on any atom is 0.279 e. The van der Waals surface area contributed by atoms with E-state index in [2.05, 4.69) is 25.8 Å². The van der Waals surface area contributed by atoms with Crippen molar-refractivity contribution in [3.05, 3.63) is 70.9 Å². The van der Waals surface area contributed by atoms with Crippen LogP contribution in [0, 0.1) is 13.8 Å². The van der Waals surface area contributed by atoms with Gasteiger partial charge in [0, 0.05) is 23.3 Å². The SMILES string of the molecule is Cc1ccc(Nc2nc(-c3cc(C(=O)Nc4cc(C)ccn4)no3)cs2)cc1. The fourth-order valence-corrected chi connectivity index (χ4v) is 3.21. The fraction of sp³-hybridized carbons (Fsp3) is 0.100. The average molecular weight is 391 g/mol. The van der Waals surface area contributed by atoms with Gasteiger partial charge >= 0.3 is 0 Å². The van der Waals surface area contributed by atoms with Crippen molar-refractivity contribution in [2.45, 2.75) is 13.8 Å². The number of hydrogen-bond acceptors (Lipinski definition) is 7. The number of nitrogens with one attached hydrogen (secondary N) is 2. The summed E-state index contributed by atoms with van der Waals surface area (Å²) in [5, 5.41) is 12.4. The first kappa shape index (κ1) is 17.9. The molecule has 0 spiro atoms. The second kappa shape index (κ2) is 7.61. The first-order valence-electron chi connectivity index (χ1n) is 8.57. The molecule has 4 rings (SSSR count). The van der Waals surface area contributed by atoms with E-state index in [1.807, 2.05) is 49.6 Å². The van der Waals surface area contributed by atoms with Crippen molar-refractivity contribution in [2.24, 2.45) is 0 Å². The molecule has 1 aromatic carbocycles. The lowest BCUT2D eigenvalue weighted by atomic mass is 10.2. The zero-order valence-corrected chi connectivity index (χ0v) is 16.1. The summed E-state index contributed by atoms with van der Waals surface area (Å²) in [6.45, 7) is 3.97. The molecule has 0 saturated carbocycles. The van der Waals surface area contributed by atoms with Crippen LogP contribution in [0.1, 0.15) is 21.6 Å². The lowest BCUT2D eigenvalue weighted by molar-refractivity contribution is 0.101. The number of aryl methyl sites for hydroxylation is 2. The van der Waals surface area contributed by atoms with E-state index in [0.717, 1.165) is 16.4 Å². The highest BCUT2D eigenvalue weighted by atomic mass is 32.1. The van der Waals surface area contributed by atoms with Gasteiger partial charge in [0.25, 0.3) is 5.91 Å². The minimum atomic E-state index is -0.388. The number of hydrogen-bond donors (Lipinski definition) is 2. The summed E-state index contributed by atoms with van der Waals surface area (Å²) in [5.74, 6) is 0.504. The van der Waals surface area contributed by atoms with Gasteiger partial charge in [0.1, 0.15) is 11.5 Å². The number of aromatic nitrogens is 3. The molecule has 0 aliphatic rings. The molecule has 0 saturated heterocycles. The smallest absolute Gasteiger partial charge is 0.279 e. The molecule has 0 radical (unpaired) electrons. The van der Waals surface area contributed by atoms with Crippen molar-refractivity contribution in [3.63, 3.8) is 0 Å². The van der Waals surface area contributed by atoms with Crippen LogP contribution in [0.2, 0.25) is 0 Å².